The fourth-order valence-corrected chi connectivity index (χ4v) is 4.34. The molecule has 3 heterocycles. The molecule has 0 amide bonds. The maximum atomic E-state index is 6.17. The van der Waals surface area contributed by atoms with E-state index in [1.54, 1.807) is 6.39 Å². The first-order valence-electron chi connectivity index (χ1n) is 10.3. The number of nitrogens with zero attached hydrogens (tertiary/aromatic N) is 3. The zero-order valence-corrected chi connectivity index (χ0v) is 16.2. The molecule has 3 fully saturated rings. The lowest BCUT2D eigenvalue weighted by Crippen LogP contribution is -2.47. The van der Waals surface area contributed by atoms with Crippen molar-refractivity contribution >= 4 is 0 Å². The lowest BCUT2D eigenvalue weighted by Gasteiger charge is -2.36. The van der Waals surface area contributed by atoms with E-state index in [9.17, 15) is 0 Å². The molecule has 2 saturated heterocycles. The fourth-order valence-electron chi connectivity index (χ4n) is 4.34. The Labute approximate surface area is 156 Å². The third-order valence-electron chi connectivity index (χ3n) is 5.79. The number of likely N-dealkylation sites (tertiary alicyclic amines) is 1. The van der Waals surface area contributed by atoms with Crippen LogP contribution >= 0.6 is 0 Å². The molecule has 3 aliphatic rings. The maximum Gasteiger partial charge on any atom is 0.181 e. The molecule has 26 heavy (non-hydrogen) atoms. The second-order valence-corrected chi connectivity index (χ2v) is 8.30. The summed E-state index contributed by atoms with van der Waals surface area (Å²) < 4.78 is 17.6. The third kappa shape index (κ3) is 4.85. The highest BCUT2D eigenvalue weighted by Crippen LogP contribution is 2.41. The minimum atomic E-state index is 0.332. The Bertz CT molecular complexity index is 556. The van der Waals surface area contributed by atoms with Crippen LogP contribution in [0.15, 0.2) is 10.8 Å². The van der Waals surface area contributed by atoms with Crippen molar-refractivity contribution in [1.29, 1.82) is 0 Å². The van der Waals surface area contributed by atoms with Crippen LogP contribution < -0.4 is 0 Å². The number of hydrogen-bond acceptors (Lipinski definition) is 6. The summed E-state index contributed by atoms with van der Waals surface area (Å²) in [5.41, 5.74) is 1.16. The molecule has 0 aromatic carbocycles. The molecule has 2 unspecified atom stereocenters. The summed E-state index contributed by atoms with van der Waals surface area (Å²) in [6.07, 6.45) is 7.45. The molecular formula is C20H33N3O3. The number of oxazole rings is 1. The Morgan fingerprint density at radius 2 is 1.81 bits per heavy atom. The molecule has 1 aromatic heterocycles. The molecule has 146 valence electrons. The third-order valence-corrected chi connectivity index (χ3v) is 5.79. The fraction of sp³-hybridized carbons (Fsp3) is 0.850. The summed E-state index contributed by atoms with van der Waals surface area (Å²) in [7, 11) is 0. The molecule has 2 atom stereocenters. The van der Waals surface area contributed by atoms with Gasteiger partial charge in [0.2, 0.25) is 0 Å². The SMILES string of the molecule is CC1CN(CCOC2CCN(Cc3ncoc3C3CC3)CC2)CC(C)O1. The van der Waals surface area contributed by atoms with E-state index >= 15 is 0 Å². The van der Waals surface area contributed by atoms with Crippen LogP contribution in [0.5, 0.6) is 0 Å². The van der Waals surface area contributed by atoms with Gasteiger partial charge in [0.15, 0.2) is 6.39 Å². The van der Waals surface area contributed by atoms with Crippen molar-refractivity contribution in [2.75, 3.05) is 39.3 Å². The number of aromatic nitrogens is 1. The Kier molecular flexibility index (Phi) is 5.93. The highest BCUT2D eigenvalue weighted by molar-refractivity contribution is 5.17. The van der Waals surface area contributed by atoms with Crippen LogP contribution in [0.3, 0.4) is 0 Å². The molecule has 0 spiro atoms. The molecule has 1 saturated carbocycles. The van der Waals surface area contributed by atoms with Crippen molar-refractivity contribution in [2.45, 2.75) is 70.3 Å². The number of rotatable bonds is 7. The van der Waals surface area contributed by atoms with Crippen molar-refractivity contribution in [1.82, 2.24) is 14.8 Å². The van der Waals surface area contributed by atoms with Gasteiger partial charge in [0.1, 0.15) is 5.76 Å². The largest absolute Gasteiger partial charge is 0.448 e. The van der Waals surface area contributed by atoms with Crippen molar-refractivity contribution in [2.24, 2.45) is 0 Å². The van der Waals surface area contributed by atoms with Crippen LogP contribution in [-0.4, -0.2) is 72.4 Å². The van der Waals surface area contributed by atoms with Gasteiger partial charge in [-0.3, -0.25) is 9.80 Å². The number of piperidine rings is 1. The summed E-state index contributed by atoms with van der Waals surface area (Å²) in [6, 6.07) is 0. The van der Waals surface area contributed by atoms with Gasteiger partial charge in [-0.25, -0.2) is 4.98 Å². The maximum absolute atomic E-state index is 6.17. The lowest BCUT2D eigenvalue weighted by molar-refractivity contribution is -0.0785. The molecular weight excluding hydrogens is 330 g/mol. The topological polar surface area (TPSA) is 51.0 Å². The Balaban J connectivity index is 1.14. The van der Waals surface area contributed by atoms with E-state index < -0.39 is 0 Å². The van der Waals surface area contributed by atoms with Gasteiger partial charge in [0, 0.05) is 45.2 Å². The van der Waals surface area contributed by atoms with Crippen LogP contribution in [-0.2, 0) is 16.0 Å². The summed E-state index contributed by atoms with van der Waals surface area (Å²) >= 11 is 0. The van der Waals surface area contributed by atoms with E-state index in [-0.39, 0.29) is 0 Å². The first-order valence-corrected chi connectivity index (χ1v) is 10.3. The van der Waals surface area contributed by atoms with Crippen LogP contribution in [0.4, 0.5) is 0 Å². The molecule has 1 aliphatic carbocycles. The van der Waals surface area contributed by atoms with Gasteiger partial charge in [-0.2, -0.15) is 0 Å². The van der Waals surface area contributed by atoms with Gasteiger partial charge in [-0.15, -0.1) is 0 Å². The molecule has 4 rings (SSSR count). The highest BCUT2D eigenvalue weighted by Gasteiger charge is 2.31. The van der Waals surface area contributed by atoms with Gasteiger partial charge in [-0.1, -0.05) is 0 Å². The summed E-state index contributed by atoms with van der Waals surface area (Å²) in [5, 5.41) is 0. The molecule has 0 N–H and O–H groups in total. The molecule has 1 aromatic rings. The van der Waals surface area contributed by atoms with Gasteiger partial charge in [-0.05, 0) is 39.5 Å². The van der Waals surface area contributed by atoms with Crippen LogP contribution in [0.25, 0.3) is 0 Å². The normalized spacial score (nSPS) is 29.3. The van der Waals surface area contributed by atoms with Crippen molar-refractivity contribution in [3.63, 3.8) is 0 Å². The molecule has 0 radical (unpaired) electrons. The Morgan fingerprint density at radius 1 is 1.08 bits per heavy atom. The lowest BCUT2D eigenvalue weighted by atomic mass is 10.1. The Morgan fingerprint density at radius 3 is 2.50 bits per heavy atom. The minimum Gasteiger partial charge on any atom is -0.448 e. The average Bonchev–Trinajstić information content (AvgIpc) is 3.35. The van der Waals surface area contributed by atoms with Gasteiger partial charge in [0.25, 0.3) is 0 Å². The van der Waals surface area contributed by atoms with Gasteiger partial charge in [0.05, 0.1) is 30.6 Å². The molecule has 0 bridgehead atoms. The van der Waals surface area contributed by atoms with Gasteiger partial charge < -0.3 is 13.9 Å². The van der Waals surface area contributed by atoms with Crippen LogP contribution in [0, 0.1) is 0 Å². The van der Waals surface area contributed by atoms with E-state index in [4.69, 9.17) is 13.9 Å². The van der Waals surface area contributed by atoms with E-state index in [0.717, 1.165) is 70.2 Å². The smallest absolute Gasteiger partial charge is 0.181 e. The zero-order chi connectivity index (χ0) is 17.9. The number of hydrogen-bond donors (Lipinski definition) is 0. The van der Waals surface area contributed by atoms with Crippen molar-refractivity contribution < 1.29 is 13.9 Å². The van der Waals surface area contributed by atoms with E-state index in [2.05, 4.69) is 28.6 Å². The highest BCUT2D eigenvalue weighted by atomic mass is 16.5. The predicted octanol–water partition coefficient (Wildman–Crippen LogP) is 2.64. The van der Waals surface area contributed by atoms with Crippen molar-refractivity contribution in [3.05, 3.63) is 17.8 Å². The predicted molar refractivity (Wildman–Crippen MR) is 99.2 cm³/mol. The van der Waals surface area contributed by atoms with Crippen LogP contribution in [0.1, 0.15) is 56.9 Å². The molecule has 2 aliphatic heterocycles. The Hall–Kier alpha value is -0.950. The summed E-state index contributed by atoms with van der Waals surface area (Å²) in [5.74, 6) is 1.77. The van der Waals surface area contributed by atoms with E-state index in [0.29, 0.717) is 24.2 Å². The quantitative estimate of drug-likeness (QED) is 0.742. The second-order valence-electron chi connectivity index (χ2n) is 8.30. The first kappa shape index (κ1) is 18.4. The average molecular weight is 364 g/mol. The summed E-state index contributed by atoms with van der Waals surface area (Å²) in [4.78, 5) is 9.41. The van der Waals surface area contributed by atoms with Gasteiger partial charge >= 0.3 is 0 Å². The zero-order valence-electron chi connectivity index (χ0n) is 16.2. The van der Waals surface area contributed by atoms with Crippen LogP contribution in [0.2, 0.25) is 0 Å². The molecule has 6 heteroatoms. The standard InChI is InChI=1S/C20H33N3O3/c1-15-11-23(12-16(2)26-15)9-10-24-18-5-7-22(8-6-18)13-19-20(17-3-4-17)25-14-21-19/h14-18H,3-13H2,1-2H3. The minimum absolute atomic E-state index is 0.332. The first-order chi connectivity index (χ1) is 12.7. The number of morpholine rings is 1. The number of ether oxygens (including phenoxy) is 2. The van der Waals surface area contributed by atoms with E-state index in [1.165, 1.54) is 12.8 Å². The van der Waals surface area contributed by atoms with Crippen molar-refractivity contribution in [3.8, 4) is 0 Å². The second kappa shape index (κ2) is 8.38. The summed E-state index contributed by atoms with van der Waals surface area (Å²) in [6.45, 7) is 11.3. The molecule has 6 nitrogen and oxygen atoms in total. The van der Waals surface area contributed by atoms with E-state index in [1.807, 2.05) is 0 Å². The monoisotopic (exact) mass is 363 g/mol.